The molecule has 0 spiro atoms. The van der Waals surface area contributed by atoms with Crippen molar-refractivity contribution in [1.29, 1.82) is 0 Å². The summed E-state index contributed by atoms with van der Waals surface area (Å²) in [6, 6.07) is 1.81. The summed E-state index contributed by atoms with van der Waals surface area (Å²) in [4.78, 5) is 19.9. The van der Waals surface area contributed by atoms with Gasteiger partial charge in [-0.2, -0.15) is 0 Å². The molecule has 0 saturated carbocycles. The molecule has 2 aromatic rings. The Kier molecular flexibility index (Phi) is 2.79. The lowest BCUT2D eigenvalue weighted by Crippen LogP contribution is -2.28. The normalized spacial score (nSPS) is 14.2. The van der Waals surface area contributed by atoms with Crippen LogP contribution in [0, 0.1) is 6.92 Å². The summed E-state index contributed by atoms with van der Waals surface area (Å²) in [6.45, 7) is 3.16. The number of hydrogen-bond acceptors (Lipinski definition) is 5. The maximum atomic E-state index is 11.3. The molecule has 19 heavy (non-hydrogen) atoms. The molecule has 0 saturated heterocycles. The summed E-state index contributed by atoms with van der Waals surface area (Å²) >= 11 is 0. The van der Waals surface area contributed by atoms with Crippen molar-refractivity contribution in [2.24, 2.45) is 0 Å². The first-order valence-corrected chi connectivity index (χ1v) is 6.05. The Labute approximate surface area is 109 Å². The van der Waals surface area contributed by atoms with Crippen molar-refractivity contribution in [3.05, 3.63) is 34.8 Å². The van der Waals surface area contributed by atoms with Crippen LogP contribution in [-0.4, -0.2) is 27.6 Å². The highest BCUT2D eigenvalue weighted by Crippen LogP contribution is 2.24. The largest absolute Gasteiger partial charge is 0.476 e. The monoisotopic (exact) mass is 259 g/mol. The van der Waals surface area contributed by atoms with Gasteiger partial charge in [-0.25, -0.2) is 14.8 Å². The molecule has 3 rings (SSSR count). The number of aromatic carboxylic acids is 1. The van der Waals surface area contributed by atoms with Gasteiger partial charge >= 0.3 is 5.97 Å². The number of hydrogen-bond donors (Lipinski definition) is 2. The fourth-order valence-electron chi connectivity index (χ4n) is 2.22. The van der Waals surface area contributed by atoms with E-state index in [1.807, 2.05) is 6.92 Å². The standard InChI is InChI=1S/C13H13N3O3/c1-7-3-5-19-11(7)12-15-9-2-4-14-6-8(9)10(16-12)13(17)18/h3,5,14H,2,4,6H2,1H3,(H,17,18). The predicted octanol–water partition coefficient (Wildman–Crippen LogP) is 1.39. The fraction of sp³-hybridized carbons (Fsp3) is 0.308. The van der Waals surface area contributed by atoms with Gasteiger partial charge in [0, 0.05) is 25.1 Å². The molecule has 0 amide bonds. The molecular formula is C13H13N3O3. The van der Waals surface area contributed by atoms with Crippen molar-refractivity contribution in [2.45, 2.75) is 19.9 Å². The van der Waals surface area contributed by atoms with Crippen LogP contribution in [0.3, 0.4) is 0 Å². The highest BCUT2D eigenvalue weighted by molar-refractivity contribution is 5.88. The van der Waals surface area contributed by atoms with Crippen molar-refractivity contribution in [1.82, 2.24) is 15.3 Å². The minimum atomic E-state index is -1.03. The van der Waals surface area contributed by atoms with Gasteiger partial charge in [-0.1, -0.05) is 0 Å². The van der Waals surface area contributed by atoms with Gasteiger partial charge in [0.1, 0.15) is 0 Å². The van der Waals surface area contributed by atoms with Crippen LogP contribution in [0.4, 0.5) is 0 Å². The van der Waals surface area contributed by atoms with Crippen LogP contribution in [0.15, 0.2) is 16.7 Å². The van der Waals surface area contributed by atoms with Crippen LogP contribution in [0.5, 0.6) is 0 Å². The van der Waals surface area contributed by atoms with Gasteiger partial charge < -0.3 is 14.8 Å². The van der Waals surface area contributed by atoms with E-state index in [9.17, 15) is 9.90 Å². The van der Waals surface area contributed by atoms with E-state index in [1.165, 1.54) is 0 Å². The van der Waals surface area contributed by atoms with E-state index in [-0.39, 0.29) is 5.69 Å². The number of nitrogens with one attached hydrogen (secondary N) is 1. The molecule has 98 valence electrons. The average molecular weight is 259 g/mol. The molecule has 0 aromatic carbocycles. The van der Waals surface area contributed by atoms with E-state index in [2.05, 4.69) is 15.3 Å². The van der Waals surface area contributed by atoms with E-state index in [0.717, 1.165) is 17.8 Å². The van der Waals surface area contributed by atoms with Gasteiger partial charge in [0.25, 0.3) is 0 Å². The summed E-state index contributed by atoms with van der Waals surface area (Å²) in [5.74, 6) is -0.155. The van der Waals surface area contributed by atoms with E-state index >= 15 is 0 Å². The minimum Gasteiger partial charge on any atom is -0.476 e. The first-order valence-electron chi connectivity index (χ1n) is 6.05. The lowest BCUT2D eigenvalue weighted by molar-refractivity contribution is 0.0688. The van der Waals surface area contributed by atoms with Crippen LogP contribution in [0.1, 0.15) is 27.3 Å². The zero-order valence-electron chi connectivity index (χ0n) is 10.4. The van der Waals surface area contributed by atoms with Crippen LogP contribution < -0.4 is 5.32 Å². The van der Waals surface area contributed by atoms with E-state index in [0.29, 0.717) is 30.1 Å². The average Bonchev–Trinajstić information content (AvgIpc) is 2.83. The molecule has 0 aliphatic carbocycles. The van der Waals surface area contributed by atoms with Gasteiger partial charge in [-0.3, -0.25) is 0 Å². The second kappa shape index (κ2) is 4.47. The Morgan fingerprint density at radius 2 is 2.32 bits per heavy atom. The molecule has 1 aliphatic rings. The third kappa shape index (κ3) is 2.00. The molecule has 3 heterocycles. The molecule has 2 aromatic heterocycles. The van der Waals surface area contributed by atoms with E-state index in [1.54, 1.807) is 12.3 Å². The molecule has 1 aliphatic heterocycles. The number of nitrogens with zero attached hydrogens (tertiary/aromatic N) is 2. The first kappa shape index (κ1) is 11.9. The van der Waals surface area contributed by atoms with Crippen LogP contribution >= 0.6 is 0 Å². The smallest absolute Gasteiger partial charge is 0.354 e. The van der Waals surface area contributed by atoms with E-state index in [4.69, 9.17) is 4.42 Å². The summed E-state index contributed by atoms with van der Waals surface area (Å²) in [5.41, 5.74) is 2.41. The molecule has 0 unspecified atom stereocenters. The second-order valence-electron chi connectivity index (χ2n) is 4.49. The van der Waals surface area contributed by atoms with Gasteiger partial charge in [0.05, 0.1) is 12.0 Å². The number of aromatic nitrogens is 2. The summed E-state index contributed by atoms with van der Waals surface area (Å²) < 4.78 is 5.34. The Balaban J connectivity index is 2.20. The Morgan fingerprint density at radius 1 is 1.47 bits per heavy atom. The molecule has 0 radical (unpaired) electrons. The summed E-state index contributed by atoms with van der Waals surface area (Å²) in [7, 11) is 0. The van der Waals surface area contributed by atoms with Crippen molar-refractivity contribution < 1.29 is 14.3 Å². The number of fused-ring (bicyclic) bond motifs is 1. The maximum absolute atomic E-state index is 11.3. The highest BCUT2D eigenvalue weighted by Gasteiger charge is 2.23. The van der Waals surface area contributed by atoms with Crippen LogP contribution in [0.25, 0.3) is 11.6 Å². The summed E-state index contributed by atoms with van der Waals surface area (Å²) in [5, 5.41) is 12.4. The fourth-order valence-corrected chi connectivity index (χ4v) is 2.22. The topological polar surface area (TPSA) is 88.2 Å². The Morgan fingerprint density at radius 3 is 3.00 bits per heavy atom. The molecule has 0 fully saturated rings. The second-order valence-corrected chi connectivity index (χ2v) is 4.49. The zero-order chi connectivity index (χ0) is 13.4. The SMILES string of the molecule is Cc1ccoc1-c1nc2c(c(C(=O)O)n1)CNCC2. The summed E-state index contributed by atoms with van der Waals surface area (Å²) in [6.07, 6.45) is 2.25. The van der Waals surface area contributed by atoms with Gasteiger partial charge in [0.15, 0.2) is 17.3 Å². The molecule has 0 bridgehead atoms. The van der Waals surface area contributed by atoms with Crippen molar-refractivity contribution >= 4 is 5.97 Å². The quantitative estimate of drug-likeness (QED) is 0.847. The molecule has 0 atom stereocenters. The van der Waals surface area contributed by atoms with Gasteiger partial charge in [-0.15, -0.1) is 0 Å². The predicted molar refractivity (Wildman–Crippen MR) is 66.8 cm³/mol. The molecule has 2 N–H and O–H groups in total. The number of rotatable bonds is 2. The molecular weight excluding hydrogens is 246 g/mol. The molecule has 6 nitrogen and oxygen atoms in total. The lowest BCUT2D eigenvalue weighted by Gasteiger charge is -2.18. The third-order valence-corrected chi connectivity index (χ3v) is 3.20. The van der Waals surface area contributed by atoms with Crippen molar-refractivity contribution in [3.63, 3.8) is 0 Å². The third-order valence-electron chi connectivity index (χ3n) is 3.20. The lowest BCUT2D eigenvalue weighted by atomic mass is 10.0. The van der Waals surface area contributed by atoms with Crippen LogP contribution in [-0.2, 0) is 13.0 Å². The van der Waals surface area contributed by atoms with Crippen molar-refractivity contribution in [3.8, 4) is 11.6 Å². The van der Waals surface area contributed by atoms with E-state index < -0.39 is 5.97 Å². The first-order chi connectivity index (χ1) is 9.16. The highest BCUT2D eigenvalue weighted by atomic mass is 16.4. The number of aryl methyl sites for hydroxylation is 1. The number of furan rings is 1. The number of carboxylic acids is 1. The van der Waals surface area contributed by atoms with Crippen LogP contribution in [0.2, 0.25) is 0 Å². The molecule has 6 heteroatoms. The van der Waals surface area contributed by atoms with Gasteiger partial charge in [-0.05, 0) is 18.6 Å². The van der Waals surface area contributed by atoms with Gasteiger partial charge in [0.2, 0.25) is 0 Å². The minimum absolute atomic E-state index is 0.0583. The van der Waals surface area contributed by atoms with Crippen molar-refractivity contribution in [2.75, 3.05) is 6.54 Å². The Bertz CT molecular complexity index is 649. The zero-order valence-corrected chi connectivity index (χ0v) is 10.4. The maximum Gasteiger partial charge on any atom is 0.354 e. The number of carboxylic acid groups (broad SMARTS) is 1. The Hall–Kier alpha value is -2.21. The number of carbonyl (C=O) groups is 1.